The van der Waals surface area contributed by atoms with Gasteiger partial charge >= 0.3 is 11.8 Å². The third-order valence-electron chi connectivity index (χ3n) is 3.64. The highest BCUT2D eigenvalue weighted by atomic mass is 35.5. The summed E-state index contributed by atoms with van der Waals surface area (Å²) in [5.41, 5.74) is 2.94. The van der Waals surface area contributed by atoms with Crippen molar-refractivity contribution >= 4 is 29.1 Å². The molecule has 24 heavy (non-hydrogen) atoms. The number of carbonyl (C=O) groups is 2. The molecule has 0 heterocycles. The van der Waals surface area contributed by atoms with Crippen LogP contribution in [-0.4, -0.2) is 23.5 Å². The molecule has 3 N–H and O–H groups in total. The Labute approximate surface area is 145 Å². The van der Waals surface area contributed by atoms with Gasteiger partial charge in [-0.25, -0.2) is 0 Å². The molecule has 1 atom stereocenters. The maximum Gasteiger partial charge on any atom is 0.313 e. The summed E-state index contributed by atoms with van der Waals surface area (Å²) >= 11 is 5.98. The van der Waals surface area contributed by atoms with Crippen LogP contribution in [-0.2, 0) is 9.59 Å². The van der Waals surface area contributed by atoms with Crippen molar-refractivity contribution in [3.05, 3.63) is 64.2 Å². The van der Waals surface area contributed by atoms with Crippen LogP contribution in [0.3, 0.4) is 0 Å². The third kappa shape index (κ3) is 4.57. The molecule has 0 radical (unpaired) electrons. The van der Waals surface area contributed by atoms with Crippen molar-refractivity contribution in [2.24, 2.45) is 0 Å². The first kappa shape index (κ1) is 18.0. The molecule has 126 valence electrons. The molecule has 6 heteroatoms. The molecule has 0 aromatic heterocycles. The van der Waals surface area contributed by atoms with E-state index >= 15 is 0 Å². The van der Waals surface area contributed by atoms with Gasteiger partial charge in [0.05, 0.1) is 6.10 Å². The first-order valence-electron chi connectivity index (χ1n) is 7.47. The summed E-state index contributed by atoms with van der Waals surface area (Å²) in [6.45, 7) is 3.66. The van der Waals surface area contributed by atoms with Crippen LogP contribution in [0.2, 0.25) is 5.02 Å². The largest absolute Gasteiger partial charge is 0.387 e. The standard InChI is InChI=1S/C18H19ClN2O3/c1-11-5-3-4-6-14(11)16(22)10-20-17(23)18(24)21-13-8-7-12(2)15(19)9-13/h3-9,16,22H,10H2,1-2H3,(H,20,23)(H,21,24). The number of rotatable bonds is 4. The summed E-state index contributed by atoms with van der Waals surface area (Å²) in [4.78, 5) is 23.7. The summed E-state index contributed by atoms with van der Waals surface area (Å²) in [6.07, 6.45) is -0.878. The van der Waals surface area contributed by atoms with Crippen LogP contribution in [0.5, 0.6) is 0 Å². The number of hydrogen-bond acceptors (Lipinski definition) is 3. The lowest BCUT2D eigenvalue weighted by Crippen LogP contribution is -2.37. The molecule has 0 aliphatic rings. The van der Waals surface area contributed by atoms with E-state index in [4.69, 9.17) is 11.6 Å². The molecular weight excluding hydrogens is 328 g/mol. The SMILES string of the molecule is Cc1ccc(NC(=O)C(=O)NCC(O)c2ccccc2C)cc1Cl. The average molecular weight is 347 g/mol. The minimum atomic E-state index is -0.878. The smallest absolute Gasteiger partial charge is 0.313 e. The van der Waals surface area contributed by atoms with Crippen LogP contribution in [0.25, 0.3) is 0 Å². The second-order valence-electron chi connectivity index (χ2n) is 5.50. The molecule has 0 saturated heterocycles. The first-order valence-corrected chi connectivity index (χ1v) is 7.85. The summed E-state index contributed by atoms with van der Waals surface area (Å²) < 4.78 is 0. The molecular formula is C18H19ClN2O3. The number of anilines is 1. The summed E-state index contributed by atoms with van der Waals surface area (Å²) in [5, 5.41) is 15.5. The van der Waals surface area contributed by atoms with Gasteiger partial charge in [-0.3, -0.25) is 9.59 Å². The van der Waals surface area contributed by atoms with Crippen LogP contribution in [0.4, 0.5) is 5.69 Å². The van der Waals surface area contributed by atoms with Crippen molar-refractivity contribution < 1.29 is 14.7 Å². The Morgan fingerprint density at radius 2 is 1.79 bits per heavy atom. The topological polar surface area (TPSA) is 78.4 Å². The molecule has 1 unspecified atom stereocenters. The fraction of sp³-hybridized carbons (Fsp3) is 0.222. The maximum atomic E-state index is 11.9. The van der Waals surface area contributed by atoms with E-state index in [1.807, 2.05) is 26.0 Å². The molecule has 0 spiro atoms. The van der Waals surface area contributed by atoms with E-state index in [0.717, 1.165) is 11.1 Å². The van der Waals surface area contributed by atoms with Gasteiger partial charge in [-0.15, -0.1) is 0 Å². The number of hydrogen-bond donors (Lipinski definition) is 3. The minimum Gasteiger partial charge on any atom is -0.387 e. The zero-order valence-electron chi connectivity index (χ0n) is 13.5. The summed E-state index contributed by atoms with van der Waals surface area (Å²) in [7, 11) is 0. The molecule has 2 aromatic carbocycles. The van der Waals surface area contributed by atoms with Crippen LogP contribution < -0.4 is 10.6 Å². The van der Waals surface area contributed by atoms with Crippen molar-refractivity contribution in [3.8, 4) is 0 Å². The number of halogens is 1. The molecule has 5 nitrogen and oxygen atoms in total. The second-order valence-corrected chi connectivity index (χ2v) is 5.91. The van der Waals surface area contributed by atoms with Gasteiger partial charge < -0.3 is 15.7 Å². The van der Waals surface area contributed by atoms with Crippen molar-refractivity contribution in [2.45, 2.75) is 20.0 Å². The van der Waals surface area contributed by atoms with Crippen molar-refractivity contribution in [1.82, 2.24) is 5.32 Å². The number of nitrogens with one attached hydrogen (secondary N) is 2. The predicted molar refractivity (Wildman–Crippen MR) is 94.0 cm³/mol. The fourth-order valence-corrected chi connectivity index (χ4v) is 2.38. The lowest BCUT2D eigenvalue weighted by molar-refractivity contribution is -0.136. The molecule has 0 aliphatic carbocycles. The van der Waals surface area contributed by atoms with E-state index < -0.39 is 17.9 Å². The highest BCUT2D eigenvalue weighted by Gasteiger charge is 2.17. The fourth-order valence-electron chi connectivity index (χ4n) is 2.20. The first-order chi connectivity index (χ1) is 11.4. The number of aliphatic hydroxyl groups excluding tert-OH is 1. The van der Waals surface area contributed by atoms with Crippen LogP contribution in [0.15, 0.2) is 42.5 Å². The van der Waals surface area contributed by atoms with Gasteiger partial charge in [0.15, 0.2) is 0 Å². The van der Waals surface area contributed by atoms with Gasteiger partial charge in [-0.1, -0.05) is 41.9 Å². The van der Waals surface area contributed by atoms with Crippen molar-refractivity contribution in [2.75, 3.05) is 11.9 Å². The Kier molecular flexibility index (Phi) is 5.95. The highest BCUT2D eigenvalue weighted by molar-refractivity contribution is 6.39. The van der Waals surface area contributed by atoms with Crippen LogP contribution in [0.1, 0.15) is 22.8 Å². The highest BCUT2D eigenvalue weighted by Crippen LogP contribution is 2.20. The Bertz CT molecular complexity index is 762. The van der Waals surface area contributed by atoms with E-state index in [-0.39, 0.29) is 6.54 Å². The Balaban J connectivity index is 1.91. The van der Waals surface area contributed by atoms with E-state index in [1.54, 1.807) is 30.3 Å². The summed E-state index contributed by atoms with van der Waals surface area (Å²) in [6, 6.07) is 12.3. The van der Waals surface area contributed by atoms with Gasteiger partial charge in [0.25, 0.3) is 0 Å². The Hall–Kier alpha value is -2.37. The van der Waals surface area contributed by atoms with E-state index in [9.17, 15) is 14.7 Å². The number of carbonyl (C=O) groups excluding carboxylic acids is 2. The van der Waals surface area contributed by atoms with Gasteiger partial charge in [0.2, 0.25) is 0 Å². The number of benzene rings is 2. The minimum absolute atomic E-state index is 0.0498. The average Bonchev–Trinajstić information content (AvgIpc) is 2.56. The zero-order chi connectivity index (χ0) is 17.7. The van der Waals surface area contributed by atoms with Crippen molar-refractivity contribution in [3.63, 3.8) is 0 Å². The van der Waals surface area contributed by atoms with Gasteiger partial charge in [-0.05, 0) is 42.7 Å². The van der Waals surface area contributed by atoms with Gasteiger partial charge in [0.1, 0.15) is 0 Å². The van der Waals surface area contributed by atoms with E-state index in [0.29, 0.717) is 16.3 Å². The lowest BCUT2D eigenvalue weighted by Gasteiger charge is -2.14. The zero-order valence-corrected chi connectivity index (χ0v) is 14.2. The number of amides is 2. The van der Waals surface area contributed by atoms with Gasteiger partial charge in [-0.2, -0.15) is 0 Å². The molecule has 0 aliphatic heterocycles. The molecule has 2 amide bonds. The second kappa shape index (κ2) is 7.95. The number of aryl methyl sites for hydroxylation is 2. The Morgan fingerprint density at radius 1 is 1.08 bits per heavy atom. The normalized spacial score (nSPS) is 11.7. The molecule has 2 rings (SSSR count). The quantitative estimate of drug-likeness (QED) is 0.745. The predicted octanol–water partition coefficient (Wildman–Crippen LogP) is 2.75. The number of aliphatic hydroxyl groups is 1. The molecule has 2 aromatic rings. The van der Waals surface area contributed by atoms with Crippen molar-refractivity contribution in [1.29, 1.82) is 0 Å². The summed E-state index contributed by atoms with van der Waals surface area (Å²) in [5.74, 6) is -1.63. The van der Waals surface area contributed by atoms with Crippen LogP contribution >= 0.6 is 11.6 Å². The Morgan fingerprint density at radius 3 is 2.46 bits per heavy atom. The molecule has 0 fully saturated rings. The molecule has 0 saturated carbocycles. The van der Waals surface area contributed by atoms with Crippen LogP contribution in [0, 0.1) is 13.8 Å². The monoisotopic (exact) mass is 346 g/mol. The molecule has 0 bridgehead atoms. The van der Waals surface area contributed by atoms with Gasteiger partial charge in [0, 0.05) is 17.3 Å². The van der Waals surface area contributed by atoms with E-state index in [2.05, 4.69) is 10.6 Å². The van der Waals surface area contributed by atoms with E-state index in [1.165, 1.54) is 0 Å². The third-order valence-corrected chi connectivity index (χ3v) is 4.05. The lowest BCUT2D eigenvalue weighted by atomic mass is 10.0. The maximum absolute atomic E-state index is 11.9.